The standard InChI is InChI=1S/C24H24ClN5O2S/c1-3-31-21-12-19(20(25)13-22(21)32-15-17-6-4-16(2)5-7-17)14-27-30-23(28-29-24(30)33)18-8-10-26-11-9-18/h4-13,27H,3,14-15H2,1-2H3,(H,29,33). The van der Waals surface area contributed by atoms with Crippen molar-refractivity contribution in [1.29, 1.82) is 0 Å². The third-order valence-electron chi connectivity index (χ3n) is 4.97. The highest BCUT2D eigenvalue weighted by Gasteiger charge is 2.14. The number of benzene rings is 2. The van der Waals surface area contributed by atoms with Crippen molar-refractivity contribution in [1.82, 2.24) is 19.9 Å². The Labute approximate surface area is 202 Å². The summed E-state index contributed by atoms with van der Waals surface area (Å²) >= 11 is 12.0. The van der Waals surface area contributed by atoms with Gasteiger partial charge in [-0.1, -0.05) is 41.4 Å². The molecule has 4 aromatic rings. The molecule has 0 bridgehead atoms. The van der Waals surface area contributed by atoms with Crippen molar-refractivity contribution >= 4 is 23.8 Å². The fourth-order valence-electron chi connectivity index (χ4n) is 3.24. The van der Waals surface area contributed by atoms with Gasteiger partial charge in [0.2, 0.25) is 4.77 Å². The number of aryl methyl sites for hydroxylation is 1. The van der Waals surface area contributed by atoms with Crippen LogP contribution in [0.2, 0.25) is 5.02 Å². The van der Waals surface area contributed by atoms with Crippen LogP contribution in [0.4, 0.5) is 0 Å². The number of rotatable bonds is 9. The van der Waals surface area contributed by atoms with Gasteiger partial charge in [0.1, 0.15) is 6.61 Å². The van der Waals surface area contributed by atoms with Gasteiger partial charge in [-0.05, 0) is 55.4 Å². The smallest absolute Gasteiger partial charge is 0.214 e. The average Bonchev–Trinajstić information content (AvgIpc) is 3.20. The minimum absolute atomic E-state index is 0.406. The Morgan fingerprint density at radius 1 is 1.06 bits per heavy atom. The summed E-state index contributed by atoms with van der Waals surface area (Å²) in [7, 11) is 0. The minimum Gasteiger partial charge on any atom is -0.490 e. The van der Waals surface area contributed by atoms with Gasteiger partial charge in [0, 0.05) is 29.0 Å². The molecule has 2 heterocycles. The number of halogens is 1. The number of ether oxygens (including phenoxy) is 2. The number of hydrogen-bond acceptors (Lipinski definition) is 6. The maximum absolute atomic E-state index is 6.60. The van der Waals surface area contributed by atoms with Gasteiger partial charge in [-0.2, -0.15) is 5.10 Å². The summed E-state index contributed by atoms with van der Waals surface area (Å²) < 4.78 is 14.0. The molecular weight excluding hydrogens is 458 g/mol. The van der Waals surface area contributed by atoms with Crippen molar-refractivity contribution in [3.05, 3.63) is 87.4 Å². The number of aromatic nitrogens is 4. The van der Waals surface area contributed by atoms with Gasteiger partial charge in [-0.25, -0.2) is 9.77 Å². The number of aromatic amines is 1. The van der Waals surface area contributed by atoms with Crippen LogP contribution >= 0.6 is 23.8 Å². The summed E-state index contributed by atoms with van der Waals surface area (Å²) in [5.41, 5.74) is 7.29. The lowest BCUT2D eigenvalue weighted by atomic mass is 10.1. The first-order valence-electron chi connectivity index (χ1n) is 10.5. The van der Waals surface area contributed by atoms with Gasteiger partial charge in [-0.3, -0.25) is 4.98 Å². The summed E-state index contributed by atoms with van der Waals surface area (Å²) in [6, 6.07) is 15.6. The van der Waals surface area contributed by atoms with Crippen molar-refractivity contribution in [2.75, 3.05) is 12.0 Å². The number of nitrogens with zero attached hydrogens (tertiary/aromatic N) is 3. The third-order valence-corrected chi connectivity index (χ3v) is 5.59. The summed E-state index contributed by atoms with van der Waals surface area (Å²) in [4.78, 5) is 4.05. The maximum atomic E-state index is 6.60. The number of hydrogen-bond donors (Lipinski definition) is 2. The largest absolute Gasteiger partial charge is 0.490 e. The fourth-order valence-corrected chi connectivity index (χ4v) is 3.66. The zero-order valence-corrected chi connectivity index (χ0v) is 19.9. The second kappa shape index (κ2) is 10.5. The van der Waals surface area contributed by atoms with E-state index in [1.165, 1.54) is 5.56 Å². The maximum Gasteiger partial charge on any atom is 0.214 e. The summed E-state index contributed by atoms with van der Waals surface area (Å²) in [6.07, 6.45) is 3.41. The van der Waals surface area contributed by atoms with Gasteiger partial charge < -0.3 is 14.9 Å². The molecule has 0 spiro atoms. The second-order valence-electron chi connectivity index (χ2n) is 7.36. The first-order chi connectivity index (χ1) is 16.0. The lowest BCUT2D eigenvalue weighted by Gasteiger charge is -2.16. The predicted octanol–water partition coefficient (Wildman–Crippen LogP) is 5.69. The molecule has 0 atom stereocenters. The molecule has 0 saturated carbocycles. The predicted molar refractivity (Wildman–Crippen MR) is 132 cm³/mol. The highest BCUT2D eigenvalue weighted by molar-refractivity contribution is 7.71. The lowest BCUT2D eigenvalue weighted by molar-refractivity contribution is 0.269. The van der Waals surface area contributed by atoms with Gasteiger partial charge >= 0.3 is 0 Å². The van der Waals surface area contributed by atoms with Crippen molar-refractivity contribution in [3.8, 4) is 22.9 Å². The van der Waals surface area contributed by atoms with Crippen LogP contribution in [-0.4, -0.2) is 26.5 Å². The van der Waals surface area contributed by atoms with Crippen LogP contribution in [0.15, 0.2) is 60.9 Å². The first-order valence-corrected chi connectivity index (χ1v) is 11.3. The molecule has 4 rings (SSSR count). The summed E-state index contributed by atoms with van der Waals surface area (Å²) in [6.45, 7) is 5.33. The Kier molecular flexibility index (Phi) is 7.26. The molecular formula is C24H24ClN5O2S. The molecule has 0 saturated heterocycles. The van der Waals surface area contributed by atoms with Crippen LogP contribution in [0.25, 0.3) is 11.4 Å². The minimum atomic E-state index is 0.406. The lowest BCUT2D eigenvalue weighted by Crippen LogP contribution is -2.16. The van der Waals surface area contributed by atoms with E-state index in [1.807, 2.05) is 37.3 Å². The molecule has 0 fully saturated rings. The molecule has 9 heteroatoms. The molecule has 0 aliphatic carbocycles. The van der Waals surface area contributed by atoms with Crippen LogP contribution < -0.4 is 14.9 Å². The van der Waals surface area contributed by atoms with Crippen molar-refractivity contribution < 1.29 is 9.47 Å². The highest BCUT2D eigenvalue weighted by Crippen LogP contribution is 2.34. The van der Waals surface area contributed by atoms with Gasteiger partial charge in [-0.15, -0.1) is 0 Å². The molecule has 2 N–H and O–H groups in total. The summed E-state index contributed by atoms with van der Waals surface area (Å²) in [5, 5.41) is 7.70. The van der Waals surface area contributed by atoms with Gasteiger partial charge in [0.25, 0.3) is 0 Å². The highest BCUT2D eigenvalue weighted by atomic mass is 35.5. The van der Waals surface area contributed by atoms with E-state index in [2.05, 4.69) is 39.7 Å². The number of H-pyrrole nitrogens is 1. The Balaban J connectivity index is 1.53. The zero-order chi connectivity index (χ0) is 23.2. The normalized spacial score (nSPS) is 10.8. The van der Waals surface area contributed by atoms with E-state index in [1.54, 1.807) is 23.1 Å². The number of nitrogens with one attached hydrogen (secondary N) is 2. The van der Waals surface area contributed by atoms with Crippen LogP contribution in [0.5, 0.6) is 11.5 Å². The van der Waals surface area contributed by atoms with Crippen LogP contribution in [0.1, 0.15) is 23.6 Å². The molecule has 33 heavy (non-hydrogen) atoms. The first kappa shape index (κ1) is 22.8. The SMILES string of the molecule is CCOc1cc(CNn2c(-c3ccncc3)n[nH]c2=S)c(Cl)cc1OCc1ccc(C)cc1. The number of pyridine rings is 1. The van der Waals surface area contributed by atoms with E-state index in [9.17, 15) is 0 Å². The van der Waals surface area contributed by atoms with E-state index in [0.29, 0.717) is 46.9 Å². The Bertz CT molecular complexity index is 1270. The Morgan fingerprint density at radius 2 is 1.79 bits per heavy atom. The molecule has 0 unspecified atom stereocenters. The molecule has 2 aromatic carbocycles. The van der Waals surface area contributed by atoms with Crippen molar-refractivity contribution in [2.24, 2.45) is 0 Å². The molecule has 0 aliphatic heterocycles. The molecule has 170 valence electrons. The Hall–Kier alpha value is -3.36. The van der Waals surface area contributed by atoms with Crippen LogP contribution in [0.3, 0.4) is 0 Å². The van der Waals surface area contributed by atoms with E-state index in [-0.39, 0.29) is 0 Å². The van der Waals surface area contributed by atoms with Crippen LogP contribution in [0, 0.1) is 11.7 Å². The van der Waals surface area contributed by atoms with Crippen molar-refractivity contribution in [2.45, 2.75) is 27.0 Å². The topological polar surface area (TPSA) is 77.0 Å². The molecule has 7 nitrogen and oxygen atoms in total. The van der Waals surface area contributed by atoms with Crippen molar-refractivity contribution in [3.63, 3.8) is 0 Å². The average molecular weight is 482 g/mol. The molecule has 0 amide bonds. The third kappa shape index (κ3) is 5.53. The van der Waals surface area contributed by atoms with Crippen LogP contribution in [-0.2, 0) is 13.2 Å². The van der Waals surface area contributed by atoms with E-state index >= 15 is 0 Å². The molecule has 2 aromatic heterocycles. The monoisotopic (exact) mass is 481 g/mol. The van der Waals surface area contributed by atoms with E-state index in [0.717, 1.165) is 16.7 Å². The molecule has 0 aliphatic rings. The molecule has 0 radical (unpaired) electrons. The van der Waals surface area contributed by atoms with Gasteiger partial charge in [0.05, 0.1) is 13.2 Å². The quantitative estimate of drug-likeness (QED) is 0.299. The Morgan fingerprint density at radius 3 is 2.52 bits per heavy atom. The van der Waals surface area contributed by atoms with E-state index in [4.69, 9.17) is 33.3 Å². The zero-order valence-electron chi connectivity index (χ0n) is 18.3. The van der Waals surface area contributed by atoms with E-state index < -0.39 is 0 Å². The fraction of sp³-hybridized carbons (Fsp3) is 0.208. The summed E-state index contributed by atoms with van der Waals surface area (Å²) in [5.74, 6) is 1.89. The van der Waals surface area contributed by atoms with Gasteiger partial charge in [0.15, 0.2) is 17.3 Å². The second-order valence-corrected chi connectivity index (χ2v) is 8.15.